The summed E-state index contributed by atoms with van der Waals surface area (Å²) in [5.74, 6) is -0.495. The van der Waals surface area contributed by atoms with E-state index >= 15 is 4.39 Å². The molecule has 55 heavy (non-hydrogen) atoms. The van der Waals surface area contributed by atoms with Crippen molar-refractivity contribution in [2.45, 2.75) is 56.9 Å². The molecule has 5 aliphatic rings. The highest BCUT2D eigenvalue weighted by Crippen LogP contribution is 2.46. The van der Waals surface area contributed by atoms with Crippen LogP contribution < -0.4 is 15.1 Å². The number of imide groups is 1. The molecule has 5 heterocycles. The summed E-state index contributed by atoms with van der Waals surface area (Å²) in [7, 11) is 0. The first-order valence-electron chi connectivity index (χ1n) is 19.6. The molecule has 0 saturated carbocycles. The minimum absolute atomic E-state index is 0.146. The molecule has 0 bridgehead atoms. The Kier molecular flexibility index (Phi) is 9.51. The molecule has 0 unspecified atom stereocenters. The van der Waals surface area contributed by atoms with Gasteiger partial charge in [0.2, 0.25) is 11.8 Å². The van der Waals surface area contributed by atoms with Gasteiger partial charge in [-0.3, -0.25) is 24.6 Å². The molecule has 3 amide bonds. The molecule has 2 N–H and O–H groups in total. The van der Waals surface area contributed by atoms with Crippen molar-refractivity contribution >= 4 is 29.1 Å². The Labute approximate surface area is 320 Å². The Hall–Kier alpha value is -5.26. The summed E-state index contributed by atoms with van der Waals surface area (Å²) in [4.78, 5) is 45.9. The number of halogens is 1. The van der Waals surface area contributed by atoms with Crippen molar-refractivity contribution in [2.24, 2.45) is 5.92 Å². The summed E-state index contributed by atoms with van der Waals surface area (Å²) in [5.41, 5.74) is 7.17. The predicted octanol–water partition coefficient (Wildman–Crippen LogP) is 5.73. The van der Waals surface area contributed by atoms with Crippen molar-refractivity contribution in [2.75, 3.05) is 55.6 Å². The lowest BCUT2D eigenvalue weighted by Gasteiger charge is -2.40. The molecule has 0 radical (unpaired) electrons. The summed E-state index contributed by atoms with van der Waals surface area (Å²) in [6, 6.07) is 26.5. The van der Waals surface area contributed by atoms with Crippen molar-refractivity contribution < 1.29 is 28.6 Å². The minimum Gasteiger partial charge on any atom is -0.508 e. The van der Waals surface area contributed by atoms with E-state index in [-0.39, 0.29) is 47.7 Å². The van der Waals surface area contributed by atoms with E-state index in [9.17, 15) is 19.5 Å². The number of piperazine rings is 1. The second-order valence-corrected chi connectivity index (χ2v) is 15.7. The van der Waals surface area contributed by atoms with Gasteiger partial charge in [-0.05, 0) is 95.5 Å². The number of phenols is 1. The lowest BCUT2D eigenvalue weighted by molar-refractivity contribution is -0.136. The Bertz CT molecular complexity index is 2110. The monoisotopic (exact) mass is 743 g/mol. The number of nitrogens with one attached hydrogen (secondary N) is 1. The van der Waals surface area contributed by atoms with Crippen LogP contribution in [0.25, 0.3) is 0 Å². The van der Waals surface area contributed by atoms with Crippen molar-refractivity contribution in [1.29, 1.82) is 0 Å². The molecule has 3 saturated heterocycles. The molecule has 4 aromatic rings. The molecule has 5 aliphatic heterocycles. The molecule has 11 heteroatoms. The van der Waals surface area contributed by atoms with Crippen LogP contribution in [0.4, 0.5) is 15.8 Å². The van der Waals surface area contributed by atoms with Gasteiger partial charge in [-0.25, -0.2) is 4.39 Å². The number of hydrogen-bond donors (Lipinski definition) is 2. The third kappa shape index (κ3) is 6.95. The number of piperidine rings is 2. The highest BCUT2D eigenvalue weighted by molar-refractivity contribution is 6.05. The van der Waals surface area contributed by atoms with E-state index in [4.69, 9.17) is 4.74 Å². The molecule has 10 nitrogen and oxygen atoms in total. The molecule has 0 aliphatic carbocycles. The molecule has 0 spiro atoms. The Balaban J connectivity index is 0.795. The third-order valence-corrected chi connectivity index (χ3v) is 12.4. The number of aromatic hydroxyl groups is 1. The number of hydrogen-bond acceptors (Lipinski definition) is 8. The summed E-state index contributed by atoms with van der Waals surface area (Å²) in [5, 5.41) is 12.5. The van der Waals surface area contributed by atoms with Gasteiger partial charge in [0.1, 0.15) is 17.6 Å². The Morgan fingerprint density at radius 1 is 0.782 bits per heavy atom. The Morgan fingerprint density at radius 3 is 2.35 bits per heavy atom. The van der Waals surface area contributed by atoms with Crippen LogP contribution in [0.3, 0.4) is 0 Å². The SMILES string of the molecule is O=C1CC[C@H](N2Cc3cc(N4CCN(CC5CCN(c6ccc([C@H]7c8ccc(O)cc8CO[C@H]7c7ccccc7)cc6F)CC5)CC4)ccc3C2=O)C(=O)N1. The van der Waals surface area contributed by atoms with Crippen molar-refractivity contribution in [3.63, 3.8) is 0 Å². The predicted molar refractivity (Wildman–Crippen MR) is 206 cm³/mol. The zero-order valence-corrected chi connectivity index (χ0v) is 30.8. The van der Waals surface area contributed by atoms with Gasteiger partial charge in [0.05, 0.1) is 18.4 Å². The van der Waals surface area contributed by atoms with E-state index < -0.39 is 6.04 Å². The van der Waals surface area contributed by atoms with Crippen LogP contribution in [0.2, 0.25) is 0 Å². The van der Waals surface area contributed by atoms with E-state index in [0.717, 1.165) is 92.2 Å². The summed E-state index contributed by atoms with van der Waals surface area (Å²) >= 11 is 0. The van der Waals surface area contributed by atoms with Crippen LogP contribution in [0, 0.1) is 11.7 Å². The number of phenolic OH excluding ortho intramolecular Hbond substituents is 1. The first-order chi connectivity index (χ1) is 26.8. The van der Waals surface area contributed by atoms with Crippen LogP contribution in [-0.2, 0) is 27.5 Å². The van der Waals surface area contributed by atoms with Gasteiger partial charge in [-0.15, -0.1) is 0 Å². The van der Waals surface area contributed by atoms with E-state index in [2.05, 4.69) is 38.2 Å². The lowest BCUT2D eigenvalue weighted by atomic mass is 9.79. The molecular weight excluding hydrogens is 698 g/mol. The average molecular weight is 744 g/mol. The highest BCUT2D eigenvalue weighted by atomic mass is 19.1. The number of ether oxygens (including phenoxy) is 1. The number of carbonyl (C=O) groups excluding carboxylic acids is 3. The van der Waals surface area contributed by atoms with Crippen LogP contribution in [0.15, 0.2) is 84.9 Å². The molecule has 3 fully saturated rings. The largest absolute Gasteiger partial charge is 0.508 e. The zero-order chi connectivity index (χ0) is 37.6. The van der Waals surface area contributed by atoms with E-state index in [1.807, 2.05) is 48.5 Å². The number of rotatable bonds is 7. The fourth-order valence-electron chi connectivity index (χ4n) is 9.39. The average Bonchev–Trinajstić information content (AvgIpc) is 3.53. The molecule has 4 aromatic carbocycles. The lowest BCUT2D eigenvalue weighted by Crippen LogP contribution is -2.52. The first kappa shape index (κ1) is 35.4. The van der Waals surface area contributed by atoms with Crippen molar-refractivity contribution in [3.05, 3.63) is 124 Å². The topological polar surface area (TPSA) is 106 Å². The zero-order valence-electron chi connectivity index (χ0n) is 30.8. The normalized spacial score (nSPS) is 23.5. The van der Waals surface area contributed by atoms with Crippen LogP contribution in [-0.4, -0.2) is 84.5 Å². The molecule has 284 valence electrons. The van der Waals surface area contributed by atoms with Crippen LogP contribution >= 0.6 is 0 Å². The molecule has 3 atom stereocenters. The third-order valence-electron chi connectivity index (χ3n) is 12.4. The van der Waals surface area contributed by atoms with Gasteiger partial charge in [0.15, 0.2) is 0 Å². The Morgan fingerprint density at radius 2 is 1.58 bits per heavy atom. The fourth-order valence-corrected chi connectivity index (χ4v) is 9.39. The quantitative estimate of drug-likeness (QED) is 0.231. The smallest absolute Gasteiger partial charge is 0.255 e. The minimum atomic E-state index is -0.609. The van der Waals surface area contributed by atoms with Gasteiger partial charge < -0.3 is 24.5 Å². The summed E-state index contributed by atoms with van der Waals surface area (Å²) in [6.45, 7) is 7.10. The number of amides is 3. The fraction of sp³-hybridized carbons (Fsp3) is 0.386. The number of anilines is 2. The number of carbonyl (C=O) groups is 3. The maximum absolute atomic E-state index is 16.0. The second kappa shape index (κ2) is 14.8. The molecule has 9 rings (SSSR count). The summed E-state index contributed by atoms with van der Waals surface area (Å²) < 4.78 is 22.4. The van der Waals surface area contributed by atoms with E-state index in [1.165, 1.54) is 0 Å². The van der Waals surface area contributed by atoms with Gasteiger partial charge in [0, 0.05) is 75.9 Å². The molecule has 0 aromatic heterocycles. The van der Waals surface area contributed by atoms with Crippen molar-refractivity contribution in [1.82, 2.24) is 15.1 Å². The van der Waals surface area contributed by atoms with Gasteiger partial charge in [-0.1, -0.05) is 42.5 Å². The standard InChI is InChI=1S/C44H46FN5O5/c45-37-24-30(41-35-10-8-34(51)23-32(35)27-55-42(41)29-4-2-1-3-5-29)6-11-38(37)49-16-14-28(15-17-49)25-47-18-20-48(21-19-47)33-7-9-36-31(22-33)26-50(44(36)54)39-12-13-40(52)46-43(39)53/h1-11,22-24,28,39,41-42,51H,12-21,25-27H2,(H,46,52,53)/t39-,41-,42-/m0/s1. The van der Waals surface area contributed by atoms with Crippen LogP contribution in [0.1, 0.15) is 75.9 Å². The van der Waals surface area contributed by atoms with E-state index in [0.29, 0.717) is 36.7 Å². The summed E-state index contributed by atoms with van der Waals surface area (Å²) in [6.07, 6.45) is 2.35. The number of fused-ring (bicyclic) bond motifs is 2. The highest BCUT2D eigenvalue weighted by Gasteiger charge is 2.39. The maximum atomic E-state index is 16.0. The van der Waals surface area contributed by atoms with E-state index in [1.54, 1.807) is 23.1 Å². The van der Waals surface area contributed by atoms with Crippen molar-refractivity contribution in [3.8, 4) is 5.75 Å². The number of nitrogens with zero attached hydrogens (tertiary/aromatic N) is 4. The second-order valence-electron chi connectivity index (χ2n) is 15.7. The number of benzene rings is 4. The van der Waals surface area contributed by atoms with Gasteiger partial charge in [0.25, 0.3) is 5.91 Å². The van der Waals surface area contributed by atoms with Gasteiger partial charge >= 0.3 is 0 Å². The molecular formula is C44H46FN5O5. The van der Waals surface area contributed by atoms with Gasteiger partial charge in [-0.2, -0.15) is 0 Å². The first-order valence-corrected chi connectivity index (χ1v) is 19.6. The van der Waals surface area contributed by atoms with Crippen LogP contribution in [0.5, 0.6) is 5.75 Å². The maximum Gasteiger partial charge on any atom is 0.255 e.